The SMILES string of the molecule is CC(C)(O)C(C)(O)C(C#N)(C#N)c1ccccc1. The number of hydrogen-bond donors (Lipinski definition) is 2. The molecule has 0 radical (unpaired) electrons. The van der Waals surface area contributed by atoms with Crippen LogP contribution >= 0.6 is 0 Å². The molecule has 1 unspecified atom stereocenters. The molecular formula is C14H16N2O2. The second-order valence-electron chi connectivity index (χ2n) is 4.97. The lowest BCUT2D eigenvalue weighted by molar-refractivity contribution is -0.140. The minimum Gasteiger partial charge on any atom is -0.387 e. The molecule has 94 valence electrons. The molecule has 0 aliphatic rings. The van der Waals surface area contributed by atoms with Crippen LogP contribution in [0, 0.1) is 22.7 Å². The Morgan fingerprint density at radius 1 is 0.944 bits per heavy atom. The summed E-state index contributed by atoms with van der Waals surface area (Å²) in [7, 11) is 0. The van der Waals surface area contributed by atoms with E-state index in [2.05, 4.69) is 0 Å². The molecule has 1 rings (SSSR count). The second kappa shape index (κ2) is 4.42. The van der Waals surface area contributed by atoms with E-state index >= 15 is 0 Å². The lowest BCUT2D eigenvalue weighted by Crippen LogP contribution is -2.60. The Bertz CT molecular complexity index is 487. The zero-order valence-electron chi connectivity index (χ0n) is 10.7. The molecule has 0 saturated carbocycles. The van der Waals surface area contributed by atoms with Crippen molar-refractivity contribution in [2.75, 3.05) is 0 Å². The van der Waals surface area contributed by atoms with Crippen LogP contribution < -0.4 is 0 Å². The molecule has 0 spiro atoms. The molecule has 4 heteroatoms. The van der Waals surface area contributed by atoms with Gasteiger partial charge in [0.05, 0.1) is 17.7 Å². The van der Waals surface area contributed by atoms with Crippen LogP contribution in [0.3, 0.4) is 0 Å². The summed E-state index contributed by atoms with van der Waals surface area (Å²) in [6, 6.07) is 12.0. The van der Waals surface area contributed by atoms with Crippen LogP contribution in [0.1, 0.15) is 26.3 Å². The topological polar surface area (TPSA) is 88.0 Å². The average Bonchev–Trinajstić information content (AvgIpc) is 2.31. The van der Waals surface area contributed by atoms with E-state index in [0.29, 0.717) is 5.56 Å². The largest absolute Gasteiger partial charge is 0.387 e. The number of benzene rings is 1. The molecule has 0 bridgehead atoms. The number of aliphatic hydroxyl groups is 2. The minimum absolute atomic E-state index is 0.363. The first kappa shape index (κ1) is 14.2. The summed E-state index contributed by atoms with van der Waals surface area (Å²) >= 11 is 0. The molecule has 4 nitrogen and oxygen atoms in total. The molecule has 0 amide bonds. The van der Waals surface area contributed by atoms with Crippen molar-refractivity contribution in [1.29, 1.82) is 10.5 Å². The zero-order chi connectivity index (χ0) is 14.0. The fraction of sp³-hybridized carbons (Fsp3) is 0.429. The average molecular weight is 244 g/mol. The first-order chi connectivity index (χ1) is 8.23. The normalized spacial score (nSPS) is 15.3. The number of rotatable bonds is 3. The maximum absolute atomic E-state index is 10.5. The lowest BCUT2D eigenvalue weighted by Gasteiger charge is -2.43. The van der Waals surface area contributed by atoms with Gasteiger partial charge in [-0.15, -0.1) is 0 Å². The second-order valence-corrected chi connectivity index (χ2v) is 4.97. The van der Waals surface area contributed by atoms with Crippen molar-refractivity contribution in [2.45, 2.75) is 37.4 Å². The van der Waals surface area contributed by atoms with Gasteiger partial charge in [-0.2, -0.15) is 10.5 Å². The highest BCUT2D eigenvalue weighted by Gasteiger charge is 2.57. The molecule has 0 saturated heterocycles. The van der Waals surface area contributed by atoms with Crippen molar-refractivity contribution in [2.24, 2.45) is 0 Å². The van der Waals surface area contributed by atoms with Crippen molar-refractivity contribution in [3.63, 3.8) is 0 Å². The number of hydrogen-bond acceptors (Lipinski definition) is 4. The Kier molecular flexibility index (Phi) is 3.48. The molecule has 0 aliphatic heterocycles. The minimum atomic E-state index is -1.91. The Labute approximate surface area is 107 Å². The summed E-state index contributed by atoms with van der Waals surface area (Å²) < 4.78 is 0. The van der Waals surface area contributed by atoms with Crippen LogP contribution in [0.25, 0.3) is 0 Å². The number of nitrogens with zero attached hydrogens (tertiary/aromatic N) is 2. The molecule has 0 aliphatic carbocycles. The summed E-state index contributed by atoms with van der Waals surface area (Å²) in [5.41, 5.74) is -4.98. The van der Waals surface area contributed by atoms with Crippen molar-refractivity contribution in [1.82, 2.24) is 0 Å². The molecule has 1 atom stereocenters. The van der Waals surface area contributed by atoms with Gasteiger partial charge in [0.15, 0.2) is 5.41 Å². The third-order valence-corrected chi connectivity index (χ3v) is 3.46. The molecule has 18 heavy (non-hydrogen) atoms. The monoisotopic (exact) mass is 244 g/mol. The highest BCUT2D eigenvalue weighted by atomic mass is 16.4. The van der Waals surface area contributed by atoms with Gasteiger partial charge >= 0.3 is 0 Å². The van der Waals surface area contributed by atoms with E-state index < -0.39 is 16.6 Å². The Morgan fingerprint density at radius 3 is 1.72 bits per heavy atom. The smallest absolute Gasteiger partial charge is 0.199 e. The van der Waals surface area contributed by atoms with Crippen molar-refractivity contribution in [3.8, 4) is 12.1 Å². The summed E-state index contributed by atoms with van der Waals surface area (Å²) in [6.45, 7) is 4.05. The van der Waals surface area contributed by atoms with Gasteiger partial charge in [-0.1, -0.05) is 30.3 Å². The quantitative estimate of drug-likeness (QED) is 0.843. The van der Waals surface area contributed by atoms with Gasteiger partial charge in [-0.3, -0.25) is 0 Å². The predicted molar refractivity (Wildman–Crippen MR) is 66.3 cm³/mol. The van der Waals surface area contributed by atoms with Gasteiger partial charge < -0.3 is 10.2 Å². The van der Waals surface area contributed by atoms with Crippen LogP contribution in [-0.2, 0) is 5.41 Å². The Hall–Kier alpha value is -1.88. The fourth-order valence-electron chi connectivity index (χ4n) is 1.80. The first-order valence-electron chi connectivity index (χ1n) is 5.56. The Balaban J connectivity index is 3.55. The van der Waals surface area contributed by atoms with Gasteiger partial charge in [0.25, 0.3) is 0 Å². The van der Waals surface area contributed by atoms with E-state index in [-0.39, 0.29) is 0 Å². The first-order valence-corrected chi connectivity index (χ1v) is 5.56. The van der Waals surface area contributed by atoms with Gasteiger partial charge in [-0.25, -0.2) is 0 Å². The van der Waals surface area contributed by atoms with E-state index in [1.807, 2.05) is 12.1 Å². The van der Waals surface area contributed by atoms with Crippen LogP contribution in [0.15, 0.2) is 30.3 Å². The highest BCUT2D eigenvalue weighted by molar-refractivity contribution is 5.45. The summed E-state index contributed by atoms with van der Waals surface area (Å²) in [5.74, 6) is 0. The fourth-order valence-corrected chi connectivity index (χ4v) is 1.80. The standard InChI is InChI=1S/C14H16N2O2/c1-12(2,17)13(3,18)14(9-15,10-16)11-7-5-4-6-8-11/h4-8,17-18H,1-3H3. The molecule has 0 aromatic heterocycles. The van der Waals surface area contributed by atoms with Crippen LogP contribution in [0.5, 0.6) is 0 Å². The van der Waals surface area contributed by atoms with E-state index in [4.69, 9.17) is 0 Å². The number of nitriles is 2. The van der Waals surface area contributed by atoms with Crippen LogP contribution in [0.2, 0.25) is 0 Å². The Morgan fingerprint density at radius 2 is 1.39 bits per heavy atom. The molecule has 0 heterocycles. The third-order valence-electron chi connectivity index (χ3n) is 3.46. The van der Waals surface area contributed by atoms with Crippen molar-refractivity contribution in [3.05, 3.63) is 35.9 Å². The highest BCUT2D eigenvalue weighted by Crippen LogP contribution is 2.41. The molecule has 1 aromatic carbocycles. The predicted octanol–water partition coefficient (Wildman–Crippen LogP) is 1.49. The molecule has 2 N–H and O–H groups in total. The van der Waals surface area contributed by atoms with Crippen molar-refractivity contribution >= 4 is 0 Å². The summed E-state index contributed by atoms with van der Waals surface area (Å²) in [5, 5.41) is 39.3. The molecule has 1 aromatic rings. The van der Waals surface area contributed by atoms with E-state index in [0.717, 1.165) is 0 Å². The third kappa shape index (κ3) is 1.86. The molecular weight excluding hydrogens is 228 g/mol. The van der Waals surface area contributed by atoms with Gasteiger partial charge in [0, 0.05) is 0 Å². The maximum atomic E-state index is 10.5. The van der Waals surface area contributed by atoms with Gasteiger partial charge in [0.2, 0.25) is 0 Å². The van der Waals surface area contributed by atoms with E-state index in [9.17, 15) is 20.7 Å². The van der Waals surface area contributed by atoms with Crippen LogP contribution in [-0.4, -0.2) is 21.4 Å². The van der Waals surface area contributed by atoms with Gasteiger partial charge in [0.1, 0.15) is 5.60 Å². The van der Waals surface area contributed by atoms with E-state index in [1.54, 1.807) is 30.3 Å². The van der Waals surface area contributed by atoms with Crippen LogP contribution in [0.4, 0.5) is 0 Å². The zero-order valence-corrected chi connectivity index (χ0v) is 10.7. The summed E-state index contributed by atoms with van der Waals surface area (Å²) in [6.07, 6.45) is 0. The van der Waals surface area contributed by atoms with E-state index in [1.165, 1.54) is 20.8 Å². The maximum Gasteiger partial charge on any atom is 0.199 e. The van der Waals surface area contributed by atoms with Crippen molar-refractivity contribution < 1.29 is 10.2 Å². The lowest BCUT2D eigenvalue weighted by atomic mass is 9.63. The van der Waals surface area contributed by atoms with Gasteiger partial charge in [-0.05, 0) is 26.3 Å². The summed E-state index contributed by atoms with van der Waals surface area (Å²) in [4.78, 5) is 0. The molecule has 0 fully saturated rings.